The smallest absolute Gasteiger partial charge is 0.248 e. The number of aryl methyl sites for hydroxylation is 1. The molecule has 3 aromatic rings. The van der Waals surface area contributed by atoms with E-state index in [1.54, 1.807) is 54.3 Å². The monoisotopic (exact) mass is 486 g/mol. The summed E-state index contributed by atoms with van der Waals surface area (Å²) in [5, 5.41) is 10.1. The molecular formula is C24H24F2N4O3S. The molecule has 0 saturated heterocycles. The van der Waals surface area contributed by atoms with Crippen molar-refractivity contribution in [1.82, 2.24) is 9.78 Å². The van der Waals surface area contributed by atoms with Crippen molar-refractivity contribution in [3.05, 3.63) is 60.3 Å². The zero-order chi connectivity index (χ0) is 24.1. The highest BCUT2D eigenvalue weighted by Crippen LogP contribution is 2.45. The summed E-state index contributed by atoms with van der Waals surface area (Å²) in [5.41, 5.74) is 1.38. The number of halogens is 2. The van der Waals surface area contributed by atoms with E-state index in [1.165, 1.54) is 12.1 Å². The molecule has 1 aliphatic carbocycles. The van der Waals surface area contributed by atoms with Crippen molar-refractivity contribution in [2.75, 3.05) is 10.6 Å². The van der Waals surface area contributed by atoms with Gasteiger partial charge < -0.3 is 10.6 Å². The van der Waals surface area contributed by atoms with Gasteiger partial charge in [0.15, 0.2) is 5.82 Å². The van der Waals surface area contributed by atoms with Gasteiger partial charge in [-0.15, -0.1) is 0 Å². The molecule has 10 heteroatoms. The lowest BCUT2D eigenvalue weighted by Crippen LogP contribution is -2.24. The van der Waals surface area contributed by atoms with Crippen LogP contribution in [0.2, 0.25) is 0 Å². The molecule has 2 unspecified atom stereocenters. The molecule has 0 spiro atoms. The van der Waals surface area contributed by atoms with Gasteiger partial charge in [0, 0.05) is 32.2 Å². The van der Waals surface area contributed by atoms with E-state index in [4.69, 9.17) is 0 Å². The van der Waals surface area contributed by atoms with Gasteiger partial charge >= 0.3 is 0 Å². The van der Waals surface area contributed by atoms with Crippen molar-refractivity contribution in [3.8, 4) is 0 Å². The van der Waals surface area contributed by atoms with Gasteiger partial charge in [0.05, 0.1) is 27.1 Å². The van der Waals surface area contributed by atoms with Crippen LogP contribution in [0.15, 0.2) is 64.5 Å². The molecule has 1 saturated carbocycles. The molecule has 0 bridgehead atoms. The highest BCUT2D eigenvalue weighted by atomic mass is 32.2. The number of carbonyl (C=O) groups excluding carboxylic acids is 1. The number of hydrogen-bond donors (Lipinski definition) is 2. The van der Waals surface area contributed by atoms with Crippen LogP contribution in [0.5, 0.6) is 0 Å². The summed E-state index contributed by atoms with van der Waals surface area (Å²) in [6, 6.07) is 13.0. The van der Waals surface area contributed by atoms with Crippen LogP contribution < -0.4 is 10.6 Å². The van der Waals surface area contributed by atoms with Crippen molar-refractivity contribution >= 4 is 32.9 Å². The van der Waals surface area contributed by atoms with Crippen molar-refractivity contribution < 1.29 is 22.0 Å². The molecule has 2 atom stereocenters. The van der Waals surface area contributed by atoms with E-state index in [-0.39, 0.29) is 40.9 Å². The number of alkyl halides is 2. The minimum Gasteiger partial charge on any atom is -0.353 e. The fraction of sp³-hybridized carbons (Fsp3) is 0.333. The number of hydrogen-bond acceptors (Lipinski definition) is 5. The van der Waals surface area contributed by atoms with Gasteiger partial charge in [-0.3, -0.25) is 9.48 Å². The Morgan fingerprint density at radius 3 is 2.68 bits per heavy atom. The summed E-state index contributed by atoms with van der Waals surface area (Å²) in [4.78, 5) is 13.6. The van der Waals surface area contributed by atoms with E-state index in [2.05, 4.69) is 15.7 Å². The van der Waals surface area contributed by atoms with Crippen LogP contribution in [0.4, 0.5) is 26.0 Å². The first-order valence-corrected chi connectivity index (χ1v) is 12.5. The Morgan fingerprint density at radius 1 is 1.21 bits per heavy atom. The fourth-order valence-electron chi connectivity index (χ4n) is 4.83. The van der Waals surface area contributed by atoms with Crippen LogP contribution in [-0.4, -0.2) is 30.0 Å². The van der Waals surface area contributed by atoms with Gasteiger partial charge in [0.2, 0.25) is 21.7 Å². The van der Waals surface area contributed by atoms with E-state index in [0.717, 1.165) is 0 Å². The number of benzene rings is 2. The molecule has 1 amide bonds. The third-order valence-corrected chi connectivity index (χ3v) is 8.37. The normalized spacial score (nSPS) is 20.6. The highest BCUT2D eigenvalue weighted by molar-refractivity contribution is 7.92. The van der Waals surface area contributed by atoms with Gasteiger partial charge in [0.1, 0.15) is 0 Å². The van der Waals surface area contributed by atoms with E-state index in [0.29, 0.717) is 29.2 Å². The first-order valence-electron chi connectivity index (χ1n) is 11.1. The maximum absolute atomic E-state index is 13.9. The third-order valence-electron chi connectivity index (χ3n) is 6.50. The number of fused-ring (bicyclic) bond motifs is 2. The summed E-state index contributed by atoms with van der Waals surface area (Å²) in [5.74, 6) is -3.78. The zero-order valence-corrected chi connectivity index (χ0v) is 19.3. The van der Waals surface area contributed by atoms with Gasteiger partial charge in [-0.25, -0.2) is 17.2 Å². The number of anilines is 3. The minimum atomic E-state index is -3.72. The van der Waals surface area contributed by atoms with Gasteiger partial charge in [-0.05, 0) is 48.6 Å². The lowest BCUT2D eigenvalue weighted by Gasteiger charge is -2.25. The number of para-hydroxylation sites is 1. The highest BCUT2D eigenvalue weighted by Gasteiger charge is 2.41. The van der Waals surface area contributed by atoms with Crippen molar-refractivity contribution in [3.63, 3.8) is 0 Å². The van der Waals surface area contributed by atoms with Crippen LogP contribution in [0.25, 0.3) is 0 Å². The van der Waals surface area contributed by atoms with Crippen molar-refractivity contribution in [2.24, 2.45) is 13.0 Å². The number of nitrogens with one attached hydrogen (secondary N) is 2. The molecule has 5 rings (SSSR count). The number of carbonyl (C=O) groups is 1. The second kappa shape index (κ2) is 8.19. The molecule has 1 aromatic heterocycles. The maximum atomic E-state index is 13.9. The summed E-state index contributed by atoms with van der Waals surface area (Å²) in [6.07, 6.45) is 1.81. The lowest BCUT2D eigenvalue weighted by atomic mass is 9.87. The van der Waals surface area contributed by atoms with E-state index < -0.39 is 21.7 Å². The van der Waals surface area contributed by atoms with Gasteiger partial charge in [-0.1, -0.05) is 18.2 Å². The number of nitrogens with zero attached hydrogens (tertiary/aromatic N) is 2. The molecule has 1 fully saturated rings. The molecular weight excluding hydrogens is 462 g/mol. The number of sulfone groups is 1. The Balaban J connectivity index is 1.49. The van der Waals surface area contributed by atoms with Gasteiger partial charge in [-0.2, -0.15) is 5.10 Å². The van der Waals surface area contributed by atoms with E-state index in [9.17, 15) is 22.0 Å². The Hall–Kier alpha value is -3.27. The summed E-state index contributed by atoms with van der Waals surface area (Å²) in [6.45, 7) is 0. The molecule has 2 aromatic carbocycles. The minimum absolute atomic E-state index is 0.117. The molecule has 2 heterocycles. The maximum Gasteiger partial charge on any atom is 0.248 e. The van der Waals surface area contributed by atoms with Crippen LogP contribution in [0.1, 0.15) is 37.2 Å². The Labute approximate surface area is 196 Å². The summed E-state index contributed by atoms with van der Waals surface area (Å²) >= 11 is 0. The predicted molar refractivity (Wildman–Crippen MR) is 123 cm³/mol. The van der Waals surface area contributed by atoms with Crippen LogP contribution in [0, 0.1) is 5.92 Å². The molecule has 2 aliphatic rings. The lowest BCUT2D eigenvalue weighted by molar-refractivity contribution is -0.118. The zero-order valence-electron chi connectivity index (χ0n) is 18.5. The van der Waals surface area contributed by atoms with Crippen molar-refractivity contribution in [2.45, 2.75) is 47.3 Å². The molecule has 2 N–H and O–H groups in total. The molecule has 178 valence electrons. The van der Waals surface area contributed by atoms with Crippen LogP contribution >= 0.6 is 0 Å². The molecule has 1 aliphatic heterocycles. The summed E-state index contributed by atoms with van der Waals surface area (Å²) in [7, 11) is -2.00. The standard InChI is InChI=1S/C24H24F2N4O3S/c1-30-11-9-22(29-30)28-23(31)17(12-15-8-10-24(25,26)14-15)16-6-7-21-19(13-16)27-18-4-2-3-5-20(18)34(21,32)33/h2-7,9,11,13,15,17,27H,8,10,12,14H2,1H3,(H,28,29,31). The third kappa shape index (κ3) is 4.18. The molecule has 0 radical (unpaired) electrons. The number of aromatic nitrogens is 2. The Kier molecular flexibility index (Phi) is 5.43. The predicted octanol–water partition coefficient (Wildman–Crippen LogP) is 4.86. The summed E-state index contributed by atoms with van der Waals surface area (Å²) < 4.78 is 55.4. The largest absolute Gasteiger partial charge is 0.353 e. The van der Waals surface area contributed by atoms with Crippen LogP contribution in [-0.2, 0) is 21.7 Å². The van der Waals surface area contributed by atoms with E-state index >= 15 is 0 Å². The topological polar surface area (TPSA) is 93.1 Å². The second-order valence-electron chi connectivity index (χ2n) is 9.00. The molecule has 7 nitrogen and oxygen atoms in total. The SMILES string of the molecule is Cn1ccc(NC(=O)C(CC2CCC(F)(F)C2)c2ccc3c(c2)Nc2ccccc2S3(=O)=O)n1. The fourth-order valence-corrected chi connectivity index (χ4v) is 6.38. The molecule has 34 heavy (non-hydrogen) atoms. The van der Waals surface area contributed by atoms with E-state index in [1.807, 2.05) is 0 Å². The Morgan fingerprint density at radius 2 is 1.97 bits per heavy atom. The second-order valence-corrected chi connectivity index (χ2v) is 10.9. The Bertz CT molecular complexity index is 1370. The number of amides is 1. The average molecular weight is 487 g/mol. The first-order chi connectivity index (χ1) is 16.1. The van der Waals surface area contributed by atoms with Gasteiger partial charge in [0.25, 0.3) is 0 Å². The number of rotatable bonds is 5. The quantitative estimate of drug-likeness (QED) is 0.420. The first kappa shape index (κ1) is 22.5. The van der Waals surface area contributed by atoms with Crippen LogP contribution in [0.3, 0.4) is 0 Å². The van der Waals surface area contributed by atoms with Crippen molar-refractivity contribution in [1.29, 1.82) is 0 Å². The average Bonchev–Trinajstić information content (AvgIpc) is 3.35.